The third-order valence-electron chi connectivity index (χ3n) is 3.23. The monoisotopic (exact) mass is 323 g/mol. The lowest BCUT2D eigenvalue weighted by Crippen LogP contribution is -1.94. The molecule has 1 nitrogen and oxygen atoms in total. The van der Waals surface area contributed by atoms with E-state index in [1.54, 1.807) is 0 Å². The molecule has 0 aliphatic rings. The highest BCUT2D eigenvalue weighted by Crippen LogP contribution is 2.27. The van der Waals surface area contributed by atoms with Crippen LogP contribution >= 0.6 is 0 Å². The molecule has 2 rings (SSSR count). The molecule has 0 N–H and O–H groups in total. The van der Waals surface area contributed by atoms with E-state index in [0.29, 0.717) is 5.56 Å². The molecule has 2 aromatic rings. The highest BCUT2D eigenvalue weighted by molar-refractivity contribution is 5.66. The van der Waals surface area contributed by atoms with Crippen molar-refractivity contribution in [1.29, 1.82) is 5.26 Å². The minimum Gasteiger partial charge on any atom is -0.206 e. The van der Waals surface area contributed by atoms with Crippen LogP contribution in [-0.2, 0) is 6.42 Å². The summed E-state index contributed by atoms with van der Waals surface area (Å²) >= 11 is 0. The zero-order valence-corrected chi connectivity index (χ0v) is 11.7. The van der Waals surface area contributed by atoms with Crippen molar-refractivity contribution >= 4 is 0 Å². The van der Waals surface area contributed by atoms with Gasteiger partial charge in [-0.05, 0) is 48.2 Å². The summed E-state index contributed by atoms with van der Waals surface area (Å²) in [6.45, 7) is 0. The fourth-order valence-corrected chi connectivity index (χ4v) is 2.13. The smallest absolute Gasteiger partial charge is 0.206 e. The van der Waals surface area contributed by atoms with Gasteiger partial charge in [0, 0.05) is 5.56 Å². The average Bonchev–Trinajstić information content (AvgIpc) is 2.46. The van der Waals surface area contributed by atoms with Gasteiger partial charge in [-0.2, -0.15) is 14.0 Å². The Morgan fingerprint density at radius 3 is 2.17 bits per heavy atom. The second kappa shape index (κ2) is 7.05. The van der Waals surface area contributed by atoms with Crippen LogP contribution in [0.3, 0.4) is 0 Å². The Morgan fingerprint density at radius 1 is 1.00 bits per heavy atom. The minimum atomic E-state index is -1.80. The van der Waals surface area contributed by atoms with Crippen molar-refractivity contribution in [3.8, 4) is 17.2 Å². The Kier molecular flexibility index (Phi) is 5.12. The predicted octanol–water partition coefficient (Wildman–Crippen LogP) is 5.36. The molecular weight excluding hydrogens is 313 g/mol. The lowest BCUT2D eigenvalue weighted by atomic mass is 10.00. The fourth-order valence-electron chi connectivity index (χ4n) is 2.13. The summed E-state index contributed by atoms with van der Waals surface area (Å²) in [6, 6.07) is 7.09. The van der Waals surface area contributed by atoms with Crippen LogP contribution in [0.5, 0.6) is 0 Å². The summed E-state index contributed by atoms with van der Waals surface area (Å²) < 4.78 is 65.1. The van der Waals surface area contributed by atoms with Gasteiger partial charge in [-0.15, -0.1) is 0 Å². The standard InChI is InChI=1S/C17H10F5N/c18-14-6-10(2-1-3-17(21)22)4-5-12(14)11-7-15(19)13(9-23)16(20)8-11/h3-8H,1-2H2. The Morgan fingerprint density at radius 2 is 1.65 bits per heavy atom. The minimum absolute atomic E-state index is 0.0387. The van der Waals surface area contributed by atoms with E-state index < -0.39 is 29.1 Å². The quantitative estimate of drug-likeness (QED) is 0.695. The molecule has 0 bridgehead atoms. The van der Waals surface area contributed by atoms with Crippen molar-refractivity contribution in [2.24, 2.45) is 0 Å². The van der Waals surface area contributed by atoms with Crippen LogP contribution in [0.4, 0.5) is 22.0 Å². The SMILES string of the molecule is N#Cc1c(F)cc(-c2ccc(CCC=C(F)F)cc2F)cc1F. The van der Waals surface area contributed by atoms with E-state index in [1.807, 2.05) is 0 Å². The van der Waals surface area contributed by atoms with Crippen molar-refractivity contribution < 1.29 is 22.0 Å². The van der Waals surface area contributed by atoms with Gasteiger partial charge in [0.1, 0.15) is 29.1 Å². The highest BCUT2D eigenvalue weighted by Gasteiger charge is 2.14. The van der Waals surface area contributed by atoms with Crippen LogP contribution in [0.15, 0.2) is 42.5 Å². The number of nitrogens with zero attached hydrogens (tertiary/aromatic N) is 1. The number of halogens is 5. The summed E-state index contributed by atoms with van der Waals surface area (Å²) in [5.74, 6) is -2.88. The number of hydrogen-bond donors (Lipinski definition) is 0. The molecule has 0 saturated carbocycles. The number of rotatable bonds is 4. The molecule has 0 aromatic heterocycles. The van der Waals surface area contributed by atoms with Crippen LogP contribution in [0.2, 0.25) is 0 Å². The zero-order valence-electron chi connectivity index (χ0n) is 11.7. The largest absolute Gasteiger partial charge is 0.266 e. The topological polar surface area (TPSA) is 23.8 Å². The predicted molar refractivity (Wildman–Crippen MR) is 75.1 cm³/mol. The summed E-state index contributed by atoms with van der Waals surface area (Å²) in [4.78, 5) is 0. The van der Waals surface area contributed by atoms with Crippen molar-refractivity contribution in [3.63, 3.8) is 0 Å². The van der Waals surface area contributed by atoms with E-state index in [1.165, 1.54) is 18.2 Å². The first kappa shape index (κ1) is 16.7. The van der Waals surface area contributed by atoms with Gasteiger partial charge < -0.3 is 0 Å². The van der Waals surface area contributed by atoms with Gasteiger partial charge in [0.2, 0.25) is 0 Å². The van der Waals surface area contributed by atoms with E-state index in [2.05, 4.69) is 0 Å². The average molecular weight is 323 g/mol. The Labute approximate surface area is 129 Å². The summed E-state index contributed by atoms with van der Waals surface area (Å²) in [6.07, 6.45) is -0.797. The van der Waals surface area contributed by atoms with Gasteiger partial charge in [0.25, 0.3) is 6.08 Å². The van der Waals surface area contributed by atoms with E-state index in [-0.39, 0.29) is 24.0 Å². The van der Waals surface area contributed by atoms with E-state index in [9.17, 15) is 22.0 Å². The number of allylic oxidation sites excluding steroid dienone is 1. The normalized spacial score (nSPS) is 10.3. The molecule has 2 aromatic carbocycles. The first-order chi connectivity index (χ1) is 10.9. The molecule has 0 aliphatic heterocycles. The number of nitriles is 1. The molecule has 0 aliphatic carbocycles. The maximum atomic E-state index is 14.1. The van der Waals surface area contributed by atoms with E-state index in [4.69, 9.17) is 5.26 Å². The van der Waals surface area contributed by atoms with Gasteiger partial charge >= 0.3 is 0 Å². The lowest BCUT2D eigenvalue weighted by Gasteiger charge is -2.07. The molecule has 0 radical (unpaired) electrons. The van der Waals surface area contributed by atoms with Crippen molar-refractivity contribution in [3.05, 3.63) is 71.1 Å². The molecule has 0 saturated heterocycles. The number of benzene rings is 2. The Bertz CT molecular complexity index is 778. The maximum Gasteiger partial charge on any atom is 0.266 e. The maximum absolute atomic E-state index is 14.1. The highest BCUT2D eigenvalue weighted by atomic mass is 19.3. The number of hydrogen-bond acceptors (Lipinski definition) is 1. The van der Waals surface area contributed by atoms with Gasteiger partial charge in [-0.25, -0.2) is 13.2 Å². The van der Waals surface area contributed by atoms with Gasteiger partial charge in [0.15, 0.2) is 0 Å². The molecule has 0 amide bonds. The third-order valence-corrected chi connectivity index (χ3v) is 3.23. The fraction of sp³-hybridized carbons (Fsp3) is 0.118. The van der Waals surface area contributed by atoms with E-state index in [0.717, 1.165) is 24.3 Å². The molecule has 6 heteroatoms. The van der Waals surface area contributed by atoms with E-state index >= 15 is 0 Å². The van der Waals surface area contributed by atoms with Gasteiger partial charge in [-0.1, -0.05) is 12.1 Å². The molecule has 118 valence electrons. The summed E-state index contributed by atoms with van der Waals surface area (Å²) in [7, 11) is 0. The summed E-state index contributed by atoms with van der Waals surface area (Å²) in [5.41, 5.74) is -0.329. The molecule has 0 unspecified atom stereocenters. The Balaban J connectivity index is 2.31. The van der Waals surface area contributed by atoms with Gasteiger partial charge in [0.05, 0.1) is 0 Å². The second-order valence-electron chi connectivity index (χ2n) is 4.77. The van der Waals surface area contributed by atoms with Crippen LogP contribution in [-0.4, -0.2) is 0 Å². The van der Waals surface area contributed by atoms with Crippen LogP contribution < -0.4 is 0 Å². The first-order valence-corrected chi connectivity index (χ1v) is 6.61. The van der Waals surface area contributed by atoms with Crippen LogP contribution in [0.1, 0.15) is 17.5 Å². The number of aryl methyl sites for hydroxylation is 1. The lowest BCUT2D eigenvalue weighted by molar-refractivity contribution is 0.417. The van der Waals surface area contributed by atoms with Crippen LogP contribution in [0, 0.1) is 28.8 Å². The summed E-state index contributed by atoms with van der Waals surface area (Å²) in [5, 5.41) is 8.61. The second-order valence-corrected chi connectivity index (χ2v) is 4.77. The molecule has 0 spiro atoms. The van der Waals surface area contributed by atoms with Gasteiger partial charge in [-0.3, -0.25) is 0 Å². The molecular formula is C17H10F5N. The van der Waals surface area contributed by atoms with Crippen molar-refractivity contribution in [1.82, 2.24) is 0 Å². The Hall–Kier alpha value is -2.68. The molecule has 0 fully saturated rings. The van der Waals surface area contributed by atoms with Crippen molar-refractivity contribution in [2.75, 3.05) is 0 Å². The molecule has 0 heterocycles. The zero-order chi connectivity index (χ0) is 17.0. The molecule has 23 heavy (non-hydrogen) atoms. The van der Waals surface area contributed by atoms with Crippen LogP contribution in [0.25, 0.3) is 11.1 Å². The first-order valence-electron chi connectivity index (χ1n) is 6.61. The molecule has 0 atom stereocenters. The van der Waals surface area contributed by atoms with Crippen molar-refractivity contribution in [2.45, 2.75) is 12.8 Å². The third kappa shape index (κ3) is 3.95.